The van der Waals surface area contributed by atoms with Crippen LogP contribution in [0.3, 0.4) is 0 Å². The zero-order chi connectivity index (χ0) is 5.58. The van der Waals surface area contributed by atoms with Gasteiger partial charge in [0.15, 0.2) is 0 Å². The van der Waals surface area contributed by atoms with E-state index in [1.54, 1.807) is 0 Å². The summed E-state index contributed by atoms with van der Waals surface area (Å²) in [5, 5.41) is 19.9. The fourth-order valence-corrected chi connectivity index (χ4v) is 0. The monoisotopic (exact) mass is 128 g/mol. The molecule has 0 radical (unpaired) electrons. The maximum atomic E-state index is 8.36. The predicted molar refractivity (Wildman–Crippen MR) is 13.7 cm³/mol. The van der Waals surface area contributed by atoms with Crippen molar-refractivity contribution in [3.8, 4) is 0 Å². The van der Waals surface area contributed by atoms with Crippen LogP contribution in [0, 0.1) is 21.9 Å². The van der Waals surface area contributed by atoms with Crippen molar-refractivity contribution in [1.82, 2.24) is 0 Å². The van der Waals surface area contributed by atoms with Crippen LogP contribution in [0.5, 0.6) is 0 Å². The molecule has 0 spiro atoms. The Morgan fingerprint density at radius 1 is 1.71 bits per heavy atom. The van der Waals surface area contributed by atoms with Crippen LogP contribution < -0.4 is 51.4 Å². The van der Waals surface area contributed by atoms with Crippen LogP contribution in [-0.2, 0) is 0 Å². The van der Waals surface area contributed by atoms with Crippen LogP contribution in [0.25, 0.3) is 0 Å². The van der Waals surface area contributed by atoms with Gasteiger partial charge in [-0.15, -0.1) is 10.1 Å². The van der Waals surface area contributed by atoms with E-state index in [4.69, 9.17) is 27.2 Å². The third kappa shape index (κ3) is 1110. The van der Waals surface area contributed by atoms with E-state index >= 15 is 0 Å². The number of rotatable bonds is 0. The summed E-state index contributed by atoms with van der Waals surface area (Å²) in [5.74, 6) is 0. The van der Waals surface area contributed by atoms with Crippen LogP contribution in [0.4, 0.5) is 0 Å². The minimum Gasteiger partial charge on any atom is -0.512 e. The smallest absolute Gasteiger partial charge is 0.512 e. The molecule has 0 aliphatic carbocycles. The van der Waals surface area contributed by atoms with E-state index in [0.29, 0.717) is 0 Å². The number of nitrogens with zero attached hydrogens (tertiary/aromatic N) is 2. The number of hydrogen-bond acceptors (Lipinski definition) is 3. The van der Waals surface area contributed by atoms with Crippen LogP contribution in [0.15, 0.2) is 0 Å². The van der Waals surface area contributed by atoms with Crippen LogP contribution in [-0.4, -0.2) is 10.3 Å². The Bertz CT molecular complexity index is 57.2. The third-order valence-electron chi connectivity index (χ3n) is 0. The molecule has 34 valence electrons. The molecule has 6 heteroatoms. The molecule has 0 aromatic carbocycles. The fourth-order valence-electron chi connectivity index (χ4n) is 0. The average molecular weight is 128 g/mol. The molecular formula is CHKN2O3. The molecule has 0 fully saturated rings. The summed E-state index contributed by atoms with van der Waals surface area (Å²) in [6, 6.07) is 0. The molecular weight excluding hydrogens is 127 g/mol. The first kappa shape index (κ1) is 15.7. The van der Waals surface area contributed by atoms with Gasteiger partial charge in [0.1, 0.15) is 0 Å². The molecule has 0 atom stereocenters. The van der Waals surface area contributed by atoms with Gasteiger partial charge in [0.05, 0.1) is 0 Å². The fraction of sp³-hybridized carbons (Fsp3) is 0. The molecule has 0 aliphatic heterocycles. The minimum atomic E-state index is -1.50. The minimum absolute atomic E-state index is 0. The number of hydrogen-bond donors (Lipinski definition) is 1. The molecule has 0 rings (SSSR count). The summed E-state index contributed by atoms with van der Waals surface area (Å²) in [7, 11) is 0. The van der Waals surface area contributed by atoms with E-state index < -0.39 is 5.09 Å². The largest absolute Gasteiger partial charge is 1.00 e. The van der Waals surface area contributed by atoms with Gasteiger partial charge >= 0.3 is 51.4 Å². The Kier molecular flexibility index (Phi) is 36.3. The van der Waals surface area contributed by atoms with E-state index in [1.807, 2.05) is 0 Å². The van der Waals surface area contributed by atoms with Crippen molar-refractivity contribution in [2.75, 3.05) is 0 Å². The summed E-state index contributed by atoms with van der Waals surface area (Å²) < 4.78 is 0. The van der Waals surface area contributed by atoms with E-state index in [1.165, 1.54) is 0 Å². The average Bonchev–Trinajstić information content (AvgIpc) is 1.41. The van der Waals surface area contributed by atoms with Gasteiger partial charge in [0.2, 0.25) is 0 Å². The molecule has 0 aromatic rings. The van der Waals surface area contributed by atoms with Crippen molar-refractivity contribution in [3.05, 3.63) is 16.7 Å². The van der Waals surface area contributed by atoms with Gasteiger partial charge < -0.3 is 17.0 Å². The summed E-state index contributed by atoms with van der Waals surface area (Å²) in [6.45, 7) is 4.75. The molecule has 0 saturated carbocycles. The maximum Gasteiger partial charge on any atom is 1.00 e. The van der Waals surface area contributed by atoms with E-state index in [2.05, 4.69) is 0 Å². The molecule has 0 aromatic heterocycles. The molecule has 0 unspecified atom stereocenters. The van der Waals surface area contributed by atoms with E-state index in [-0.39, 0.29) is 51.4 Å². The normalized spacial score (nSPS) is 3.71. The van der Waals surface area contributed by atoms with Crippen molar-refractivity contribution in [2.24, 2.45) is 0 Å². The van der Waals surface area contributed by atoms with Crippen LogP contribution >= 0.6 is 0 Å². The molecule has 0 aliphatic rings. The van der Waals surface area contributed by atoms with Gasteiger partial charge in [-0.3, -0.25) is 0 Å². The van der Waals surface area contributed by atoms with Gasteiger partial charge in [-0.25, -0.2) is 0 Å². The Morgan fingerprint density at radius 3 is 1.71 bits per heavy atom. The molecule has 0 amide bonds. The first-order chi connectivity index (χ1) is 2.73. The Balaban J connectivity index is -0.0000000480. The Labute approximate surface area is 82.5 Å². The zero-order valence-corrected chi connectivity index (χ0v) is 6.78. The quantitative estimate of drug-likeness (QED) is 0.161. The molecule has 0 saturated heterocycles. The van der Waals surface area contributed by atoms with Crippen molar-refractivity contribution in [2.45, 2.75) is 0 Å². The second-order valence-corrected chi connectivity index (χ2v) is 0.238. The molecule has 0 bridgehead atoms. The second kappa shape index (κ2) is 16.2. The molecule has 5 nitrogen and oxygen atoms in total. The topological polar surface area (TPSA) is 87.2 Å². The zero-order valence-electron chi connectivity index (χ0n) is 3.66. The van der Waals surface area contributed by atoms with Gasteiger partial charge in [-0.05, 0) is 0 Å². The molecule has 1 N–H and O–H groups in total. The van der Waals surface area contributed by atoms with Crippen LogP contribution in [0.2, 0.25) is 0 Å². The van der Waals surface area contributed by atoms with E-state index in [0.717, 1.165) is 0 Å². The van der Waals surface area contributed by atoms with Crippen molar-refractivity contribution < 1.29 is 61.7 Å². The van der Waals surface area contributed by atoms with Gasteiger partial charge in [0.25, 0.3) is 5.09 Å². The third-order valence-corrected chi connectivity index (χ3v) is 0. The van der Waals surface area contributed by atoms with Crippen molar-refractivity contribution in [1.29, 1.82) is 5.26 Å². The Hall–Kier alpha value is 0.326. The van der Waals surface area contributed by atoms with Crippen molar-refractivity contribution >= 4 is 0 Å². The van der Waals surface area contributed by atoms with E-state index in [9.17, 15) is 0 Å². The second-order valence-electron chi connectivity index (χ2n) is 0.238. The van der Waals surface area contributed by atoms with Gasteiger partial charge in [-0.2, -0.15) is 0 Å². The first-order valence-corrected chi connectivity index (χ1v) is 0.789. The first-order valence-electron chi connectivity index (χ1n) is 0.789. The molecule has 0 heterocycles. The van der Waals surface area contributed by atoms with Crippen molar-refractivity contribution in [3.63, 3.8) is 0 Å². The summed E-state index contributed by atoms with van der Waals surface area (Å²) >= 11 is 0. The summed E-state index contributed by atoms with van der Waals surface area (Å²) in [5.41, 5.74) is 0. The molecule has 7 heavy (non-hydrogen) atoms. The Morgan fingerprint density at radius 2 is 1.71 bits per heavy atom. The summed E-state index contributed by atoms with van der Waals surface area (Å²) in [6.07, 6.45) is 0. The predicted octanol–water partition coefficient (Wildman–Crippen LogP) is -3.25. The SMILES string of the molecule is O=[N+]([O-])O.[C-]#N.[K+]. The standard InChI is InChI=1S/CN.K.HNO3/c1-2;;2-1(3)4/h;;(H,2,3,4)/q-1;+1;. The maximum absolute atomic E-state index is 8.36. The van der Waals surface area contributed by atoms with Gasteiger partial charge in [0, 0.05) is 0 Å². The van der Waals surface area contributed by atoms with Gasteiger partial charge in [-0.1, -0.05) is 0 Å². The summed E-state index contributed by atoms with van der Waals surface area (Å²) in [4.78, 5) is 8.36. The van der Waals surface area contributed by atoms with Crippen LogP contribution in [0.1, 0.15) is 0 Å².